The summed E-state index contributed by atoms with van der Waals surface area (Å²) in [6.07, 6.45) is 2.56. The molecule has 7 heteroatoms. The summed E-state index contributed by atoms with van der Waals surface area (Å²) >= 11 is 0. The number of benzene rings is 2. The molecule has 142 valence electrons. The Kier molecular flexibility index (Phi) is 6.20. The summed E-state index contributed by atoms with van der Waals surface area (Å²) in [5, 5.41) is 8.74. The molecule has 28 heavy (non-hydrogen) atoms. The number of aryl methyl sites for hydroxylation is 1. The van der Waals surface area contributed by atoms with Gasteiger partial charge in [0.1, 0.15) is 5.75 Å². The Labute approximate surface area is 161 Å². The monoisotopic (exact) mass is 378 g/mol. The van der Waals surface area contributed by atoms with Gasteiger partial charge in [-0.25, -0.2) is 9.78 Å². The van der Waals surface area contributed by atoms with Crippen LogP contribution in [0.25, 0.3) is 0 Å². The molecule has 1 N–H and O–H groups in total. The molecule has 0 spiro atoms. The number of aromatic nitrogens is 2. The van der Waals surface area contributed by atoms with Gasteiger partial charge in [-0.05, 0) is 18.6 Å². The molecule has 0 radical (unpaired) electrons. The van der Waals surface area contributed by atoms with Crippen LogP contribution in [0.4, 0.5) is 0 Å². The molecule has 0 aliphatic heterocycles. The Bertz CT molecular complexity index is 960. The number of carboxylic acids is 1. The highest BCUT2D eigenvalue weighted by atomic mass is 16.7. The van der Waals surface area contributed by atoms with Crippen LogP contribution in [0.2, 0.25) is 0 Å². The van der Waals surface area contributed by atoms with E-state index in [1.165, 1.54) is 6.20 Å². The lowest BCUT2D eigenvalue weighted by Crippen LogP contribution is -2.10. The molecule has 7 nitrogen and oxygen atoms in total. The molecule has 0 aliphatic rings. The highest BCUT2D eigenvalue weighted by molar-refractivity contribution is 5.79. The van der Waals surface area contributed by atoms with Crippen molar-refractivity contribution in [1.82, 2.24) is 9.97 Å². The Morgan fingerprint density at radius 2 is 1.82 bits per heavy atom. The minimum Gasteiger partial charge on any atom is -0.478 e. The topological polar surface area (TPSA) is 90.8 Å². The molecule has 0 saturated carbocycles. The van der Waals surface area contributed by atoms with Gasteiger partial charge in [-0.3, -0.25) is 0 Å². The summed E-state index contributed by atoms with van der Waals surface area (Å²) in [4.78, 5) is 19.0. The van der Waals surface area contributed by atoms with E-state index in [4.69, 9.17) is 19.3 Å². The van der Waals surface area contributed by atoms with Crippen molar-refractivity contribution < 1.29 is 24.1 Å². The SMILES string of the molecule is Cc1ccccc1Oc1nccc(OC(OC=CC(=O)O)c2ccccc2)n1. The molecule has 3 aromatic rings. The summed E-state index contributed by atoms with van der Waals surface area (Å²) < 4.78 is 16.9. The van der Waals surface area contributed by atoms with Gasteiger partial charge >= 0.3 is 12.0 Å². The van der Waals surface area contributed by atoms with Gasteiger partial charge in [0.15, 0.2) is 0 Å². The third-order valence-corrected chi connectivity index (χ3v) is 3.62. The van der Waals surface area contributed by atoms with Crippen molar-refractivity contribution in [1.29, 1.82) is 0 Å². The molecule has 1 aromatic heterocycles. The number of hydrogen-bond acceptors (Lipinski definition) is 6. The zero-order valence-corrected chi connectivity index (χ0v) is 15.1. The average Bonchev–Trinajstić information content (AvgIpc) is 2.70. The van der Waals surface area contributed by atoms with Crippen molar-refractivity contribution in [3.8, 4) is 17.6 Å². The minimum atomic E-state index is -1.12. The van der Waals surface area contributed by atoms with Crippen LogP contribution in [0.5, 0.6) is 17.6 Å². The van der Waals surface area contributed by atoms with Crippen molar-refractivity contribution in [2.45, 2.75) is 13.2 Å². The molecule has 0 saturated heterocycles. The number of nitrogens with zero attached hydrogens (tertiary/aromatic N) is 2. The Morgan fingerprint density at radius 1 is 1.07 bits per heavy atom. The summed E-state index contributed by atoms with van der Waals surface area (Å²) in [7, 11) is 0. The van der Waals surface area contributed by atoms with Crippen LogP contribution in [0.15, 0.2) is 79.2 Å². The van der Waals surface area contributed by atoms with Crippen LogP contribution >= 0.6 is 0 Å². The molecular formula is C21H18N2O5. The lowest BCUT2D eigenvalue weighted by atomic mass is 10.2. The van der Waals surface area contributed by atoms with Crippen LogP contribution < -0.4 is 9.47 Å². The maximum Gasteiger partial charge on any atom is 0.331 e. The second-order valence-electron chi connectivity index (χ2n) is 5.68. The molecule has 0 bridgehead atoms. The van der Waals surface area contributed by atoms with Gasteiger partial charge < -0.3 is 19.3 Å². The first-order valence-corrected chi connectivity index (χ1v) is 8.45. The third kappa shape index (κ3) is 5.31. The number of carboxylic acid groups (broad SMARTS) is 1. The number of para-hydroxylation sites is 1. The largest absolute Gasteiger partial charge is 0.478 e. The number of ether oxygens (including phenoxy) is 3. The fourth-order valence-electron chi connectivity index (χ4n) is 2.27. The van der Waals surface area contributed by atoms with Gasteiger partial charge in [-0.2, -0.15) is 4.98 Å². The summed E-state index contributed by atoms with van der Waals surface area (Å²) in [6.45, 7) is 1.92. The summed E-state index contributed by atoms with van der Waals surface area (Å²) in [5.41, 5.74) is 1.64. The molecule has 1 atom stereocenters. The van der Waals surface area contributed by atoms with Crippen LogP contribution in [0, 0.1) is 6.92 Å². The van der Waals surface area contributed by atoms with Gasteiger partial charge in [0.05, 0.1) is 12.3 Å². The lowest BCUT2D eigenvalue weighted by Gasteiger charge is -2.18. The van der Waals surface area contributed by atoms with Crippen LogP contribution in [0.3, 0.4) is 0 Å². The van der Waals surface area contributed by atoms with Gasteiger partial charge in [0, 0.05) is 17.8 Å². The zero-order chi connectivity index (χ0) is 19.8. The first kappa shape index (κ1) is 18.9. The van der Waals surface area contributed by atoms with Crippen molar-refractivity contribution in [2.75, 3.05) is 0 Å². The standard InChI is InChI=1S/C21H18N2O5/c1-15-7-5-6-10-17(15)27-21-22-13-11-18(23-21)28-20(26-14-12-19(24)25)16-8-3-2-4-9-16/h2-14,20H,1H3,(H,24,25). The van der Waals surface area contributed by atoms with Crippen LogP contribution in [0.1, 0.15) is 17.4 Å². The van der Waals surface area contributed by atoms with E-state index in [2.05, 4.69) is 9.97 Å². The third-order valence-electron chi connectivity index (χ3n) is 3.62. The summed E-state index contributed by atoms with van der Waals surface area (Å²) in [5.74, 6) is -0.265. The van der Waals surface area contributed by atoms with E-state index in [-0.39, 0.29) is 11.9 Å². The number of rotatable bonds is 8. The predicted octanol–water partition coefficient (Wildman–Crippen LogP) is 4.27. The Hall–Kier alpha value is -3.87. The highest BCUT2D eigenvalue weighted by Crippen LogP contribution is 2.25. The van der Waals surface area contributed by atoms with Crippen molar-refractivity contribution in [3.05, 3.63) is 90.3 Å². The maximum atomic E-state index is 10.7. The second-order valence-corrected chi connectivity index (χ2v) is 5.68. The number of aliphatic carboxylic acids is 1. The number of carbonyl (C=O) groups is 1. The molecule has 1 heterocycles. The Balaban J connectivity index is 1.78. The van der Waals surface area contributed by atoms with E-state index >= 15 is 0 Å². The lowest BCUT2D eigenvalue weighted by molar-refractivity contribution is -0.131. The summed E-state index contributed by atoms with van der Waals surface area (Å²) in [6, 6.07) is 18.3. The predicted molar refractivity (Wildman–Crippen MR) is 101 cm³/mol. The maximum absolute atomic E-state index is 10.7. The fourth-order valence-corrected chi connectivity index (χ4v) is 2.27. The Morgan fingerprint density at radius 3 is 2.57 bits per heavy atom. The molecule has 2 aromatic carbocycles. The van der Waals surface area contributed by atoms with Crippen LogP contribution in [-0.4, -0.2) is 21.0 Å². The first-order chi connectivity index (χ1) is 13.6. The molecular weight excluding hydrogens is 360 g/mol. The van der Waals surface area contributed by atoms with E-state index in [0.717, 1.165) is 17.9 Å². The van der Waals surface area contributed by atoms with E-state index in [1.54, 1.807) is 18.2 Å². The number of hydrogen-bond donors (Lipinski definition) is 1. The van der Waals surface area contributed by atoms with Crippen LogP contribution in [-0.2, 0) is 9.53 Å². The van der Waals surface area contributed by atoms with E-state index in [9.17, 15) is 4.79 Å². The smallest absolute Gasteiger partial charge is 0.331 e. The van der Waals surface area contributed by atoms with E-state index in [1.807, 2.05) is 49.4 Å². The normalized spacial score (nSPS) is 11.8. The quantitative estimate of drug-likeness (QED) is 0.355. The average molecular weight is 378 g/mol. The first-order valence-electron chi connectivity index (χ1n) is 8.45. The molecule has 3 rings (SSSR count). The molecule has 0 aliphatic carbocycles. The molecule has 0 amide bonds. The molecule has 0 fully saturated rings. The molecule has 1 unspecified atom stereocenters. The van der Waals surface area contributed by atoms with Gasteiger partial charge in [-0.1, -0.05) is 48.5 Å². The zero-order valence-electron chi connectivity index (χ0n) is 15.1. The van der Waals surface area contributed by atoms with E-state index in [0.29, 0.717) is 11.3 Å². The minimum absolute atomic E-state index is 0.125. The highest BCUT2D eigenvalue weighted by Gasteiger charge is 2.15. The van der Waals surface area contributed by atoms with Crippen molar-refractivity contribution in [3.63, 3.8) is 0 Å². The van der Waals surface area contributed by atoms with Gasteiger partial charge in [0.25, 0.3) is 6.29 Å². The fraction of sp³-hybridized carbons (Fsp3) is 0.0952. The van der Waals surface area contributed by atoms with Gasteiger partial charge in [0.2, 0.25) is 5.88 Å². The van der Waals surface area contributed by atoms with Crippen molar-refractivity contribution in [2.24, 2.45) is 0 Å². The second kappa shape index (κ2) is 9.18. The van der Waals surface area contributed by atoms with Gasteiger partial charge in [-0.15, -0.1) is 0 Å². The van der Waals surface area contributed by atoms with E-state index < -0.39 is 12.3 Å². The van der Waals surface area contributed by atoms with Crippen molar-refractivity contribution >= 4 is 5.97 Å².